The Bertz CT molecular complexity index is 1010. The van der Waals surface area contributed by atoms with E-state index in [1.54, 1.807) is 25.2 Å². The lowest BCUT2D eigenvalue weighted by molar-refractivity contribution is -0.139. The Kier molecular flexibility index (Phi) is 5.38. The number of hydrogen-bond acceptors (Lipinski definition) is 5. The first-order valence-electron chi connectivity index (χ1n) is 9.93. The molecule has 1 N–H and O–H groups in total. The Morgan fingerprint density at radius 2 is 1.97 bits per heavy atom. The van der Waals surface area contributed by atoms with Gasteiger partial charge < -0.3 is 14.2 Å². The molecule has 0 spiro atoms. The number of hydrogen-bond donors (Lipinski definition) is 1. The van der Waals surface area contributed by atoms with Crippen molar-refractivity contribution in [1.29, 1.82) is 0 Å². The molecule has 1 saturated heterocycles. The van der Waals surface area contributed by atoms with Crippen LogP contribution in [-0.2, 0) is 16.3 Å². The van der Waals surface area contributed by atoms with E-state index in [2.05, 4.69) is 39.2 Å². The average Bonchev–Trinajstić information content (AvgIpc) is 2.86. The molecule has 1 fully saturated rings. The Morgan fingerprint density at radius 1 is 1.31 bits per heavy atom. The molecule has 1 aromatic heterocycles. The number of benzene rings is 1. The maximum absolute atomic E-state index is 12.8. The molecule has 2 aromatic rings. The standard InChI is InChI=1S/C21H30N2O5Si/c1-12(28-29(6,7)21(2,3)4)18-14(22-19(18)25)11-16(24)13-8-9-15-17(10-13)27-20(26)23(15)5/h8-10,12,14,18H,11H2,1-7H3,(H,22,25)/t12?,14-,18-/m1/s1. The predicted octanol–water partition coefficient (Wildman–Crippen LogP) is 3.23. The third-order valence-corrected chi connectivity index (χ3v) is 10.9. The molecule has 2 heterocycles. The topological polar surface area (TPSA) is 90.5 Å². The van der Waals surface area contributed by atoms with Gasteiger partial charge in [0.2, 0.25) is 5.91 Å². The summed E-state index contributed by atoms with van der Waals surface area (Å²) in [5.74, 6) is -0.981. The molecule has 1 amide bonds. The molecule has 29 heavy (non-hydrogen) atoms. The fraction of sp³-hybridized carbons (Fsp3) is 0.571. The number of nitrogens with zero attached hydrogens (tertiary/aromatic N) is 1. The Balaban J connectivity index is 1.72. The van der Waals surface area contributed by atoms with Crippen LogP contribution in [0.5, 0.6) is 0 Å². The number of rotatable bonds is 6. The molecule has 8 heteroatoms. The Morgan fingerprint density at radius 3 is 2.55 bits per heavy atom. The van der Waals surface area contributed by atoms with Crippen molar-refractivity contribution >= 4 is 31.1 Å². The van der Waals surface area contributed by atoms with E-state index < -0.39 is 14.1 Å². The zero-order chi connectivity index (χ0) is 21.7. The predicted molar refractivity (Wildman–Crippen MR) is 114 cm³/mol. The van der Waals surface area contributed by atoms with Gasteiger partial charge in [0.1, 0.15) is 0 Å². The minimum Gasteiger partial charge on any atom is -0.413 e. The van der Waals surface area contributed by atoms with Crippen LogP contribution < -0.4 is 11.1 Å². The molecule has 1 aliphatic rings. The average molecular weight is 419 g/mol. The van der Waals surface area contributed by atoms with E-state index in [1.807, 2.05) is 6.92 Å². The van der Waals surface area contributed by atoms with E-state index in [9.17, 15) is 14.4 Å². The summed E-state index contributed by atoms with van der Waals surface area (Å²) in [4.78, 5) is 36.6. The number of aromatic nitrogens is 1. The van der Waals surface area contributed by atoms with Crippen LogP contribution in [0.25, 0.3) is 11.1 Å². The first-order valence-corrected chi connectivity index (χ1v) is 12.8. The van der Waals surface area contributed by atoms with E-state index in [0.29, 0.717) is 16.7 Å². The maximum Gasteiger partial charge on any atom is 0.419 e. The molecular weight excluding hydrogens is 388 g/mol. The number of carbonyl (C=O) groups excluding carboxylic acids is 2. The van der Waals surface area contributed by atoms with E-state index in [0.717, 1.165) is 0 Å². The summed E-state index contributed by atoms with van der Waals surface area (Å²) >= 11 is 0. The third kappa shape index (κ3) is 3.96. The number of β-lactam (4-membered cyclic amide) rings is 1. The second-order valence-electron chi connectivity index (χ2n) is 9.46. The van der Waals surface area contributed by atoms with Gasteiger partial charge in [0.15, 0.2) is 19.7 Å². The molecule has 0 aliphatic carbocycles. The van der Waals surface area contributed by atoms with Crippen LogP contribution in [0.15, 0.2) is 27.4 Å². The van der Waals surface area contributed by atoms with E-state index in [-0.39, 0.29) is 41.2 Å². The molecule has 3 rings (SSSR count). The van der Waals surface area contributed by atoms with Crippen LogP contribution >= 0.6 is 0 Å². The Labute approximate surface area is 171 Å². The number of carbonyl (C=O) groups is 2. The molecule has 0 radical (unpaired) electrons. The monoisotopic (exact) mass is 418 g/mol. The zero-order valence-corrected chi connectivity index (χ0v) is 19.2. The highest BCUT2D eigenvalue weighted by Gasteiger charge is 2.47. The first-order chi connectivity index (χ1) is 13.3. The van der Waals surface area contributed by atoms with Crippen molar-refractivity contribution in [3.05, 3.63) is 34.3 Å². The largest absolute Gasteiger partial charge is 0.419 e. The molecule has 1 unspecified atom stereocenters. The van der Waals surface area contributed by atoms with Crippen molar-refractivity contribution in [2.45, 2.75) is 64.4 Å². The van der Waals surface area contributed by atoms with Crippen molar-refractivity contribution in [3.8, 4) is 0 Å². The maximum atomic E-state index is 12.8. The quantitative estimate of drug-likeness (QED) is 0.442. The molecule has 1 aromatic carbocycles. The lowest BCUT2D eigenvalue weighted by Gasteiger charge is -2.45. The van der Waals surface area contributed by atoms with E-state index in [1.165, 1.54) is 4.57 Å². The Hall–Kier alpha value is -2.19. The van der Waals surface area contributed by atoms with Gasteiger partial charge in [-0.05, 0) is 43.3 Å². The molecule has 158 valence electrons. The minimum absolute atomic E-state index is 0.0435. The van der Waals surface area contributed by atoms with Gasteiger partial charge in [0, 0.05) is 19.0 Å². The van der Waals surface area contributed by atoms with Crippen LogP contribution in [0, 0.1) is 5.92 Å². The highest BCUT2D eigenvalue weighted by molar-refractivity contribution is 6.74. The van der Waals surface area contributed by atoms with Gasteiger partial charge in [-0.3, -0.25) is 14.2 Å². The van der Waals surface area contributed by atoms with Gasteiger partial charge in [-0.25, -0.2) is 4.79 Å². The number of fused-ring (bicyclic) bond motifs is 1. The molecular formula is C21H30N2O5Si. The van der Waals surface area contributed by atoms with Crippen LogP contribution in [0.3, 0.4) is 0 Å². The van der Waals surface area contributed by atoms with Gasteiger partial charge in [0.25, 0.3) is 0 Å². The third-order valence-electron chi connectivity index (χ3n) is 6.38. The normalized spacial score (nSPS) is 21.0. The van der Waals surface area contributed by atoms with Crippen molar-refractivity contribution in [2.75, 3.05) is 0 Å². The van der Waals surface area contributed by atoms with Gasteiger partial charge in [-0.2, -0.15) is 0 Å². The molecule has 1 aliphatic heterocycles. The van der Waals surface area contributed by atoms with Gasteiger partial charge in [-0.1, -0.05) is 20.8 Å². The highest BCUT2D eigenvalue weighted by atomic mass is 28.4. The number of aryl methyl sites for hydroxylation is 1. The highest BCUT2D eigenvalue weighted by Crippen LogP contribution is 2.39. The zero-order valence-electron chi connectivity index (χ0n) is 18.2. The number of Topliss-reactive ketones (excluding diaryl/α,β-unsaturated/α-hetero) is 1. The smallest absolute Gasteiger partial charge is 0.413 e. The lowest BCUT2D eigenvalue weighted by atomic mass is 9.82. The summed E-state index contributed by atoms with van der Waals surface area (Å²) in [6.07, 6.45) is -0.0680. The second-order valence-corrected chi connectivity index (χ2v) is 14.2. The summed E-state index contributed by atoms with van der Waals surface area (Å²) in [5, 5.41) is 2.89. The summed E-state index contributed by atoms with van der Waals surface area (Å²) in [5.41, 5.74) is 1.48. The van der Waals surface area contributed by atoms with Crippen molar-refractivity contribution in [1.82, 2.24) is 9.88 Å². The fourth-order valence-corrected chi connectivity index (χ4v) is 4.94. The second kappa shape index (κ2) is 7.25. The van der Waals surface area contributed by atoms with Crippen LogP contribution in [0.4, 0.5) is 0 Å². The SMILES string of the molecule is CC(O[Si](C)(C)C(C)(C)C)[C@H]1C(=O)N[C@@H]1CC(=O)c1ccc2c(c1)oc(=O)n2C. The summed E-state index contributed by atoms with van der Waals surface area (Å²) in [6, 6.07) is 4.72. The van der Waals surface area contributed by atoms with Crippen LogP contribution in [0.2, 0.25) is 18.1 Å². The molecule has 7 nitrogen and oxygen atoms in total. The lowest BCUT2D eigenvalue weighted by Crippen LogP contribution is -2.64. The summed E-state index contributed by atoms with van der Waals surface area (Å²) in [6.45, 7) is 12.7. The number of nitrogens with one attached hydrogen (secondary N) is 1. The van der Waals surface area contributed by atoms with Crippen LogP contribution in [-0.4, -0.2) is 36.7 Å². The summed E-state index contributed by atoms with van der Waals surface area (Å²) < 4.78 is 12.9. The molecule has 0 bridgehead atoms. The minimum atomic E-state index is -2.02. The number of oxazole rings is 1. The molecule has 0 saturated carbocycles. The van der Waals surface area contributed by atoms with Crippen LogP contribution in [0.1, 0.15) is 44.5 Å². The van der Waals surface area contributed by atoms with E-state index in [4.69, 9.17) is 8.84 Å². The van der Waals surface area contributed by atoms with Crippen molar-refractivity contribution in [2.24, 2.45) is 13.0 Å². The van der Waals surface area contributed by atoms with Crippen molar-refractivity contribution in [3.63, 3.8) is 0 Å². The van der Waals surface area contributed by atoms with Gasteiger partial charge in [0.05, 0.1) is 23.6 Å². The summed E-state index contributed by atoms with van der Waals surface area (Å²) in [7, 11) is -0.400. The molecule has 3 atom stereocenters. The van der Waals surface area contributed by atoms with E-state index >= 15 is 0 Å². The van der Waals surface area contributed by atoms with Crippen molar-refractivity contribution < 1.29 is 18.4 Å². The van der Waals surface area contributed by atoms with Gasteiger partial charge in [-0.15, -0.1) is 0 Å². The first kappa shape index (κ1) is 21.5. The number of ketones is 1. The van der Waals surface area contributed by atoms with Gasteiger partial charge >= 0.3 is 5.76 Å². The number of amides is 1. The fourth-order valence-electron chi connectivity index (χ4n) is 3.51.